The highest BCUT2D eigenvalue weighted by molar-refractivity contribution is 6.31. The molecule has 6 nitrogen and oxygen atoms in total. The molecule has 3 aromatic rings. The third-order valence-electron chi connectivity index (χ3n) is 4.07. The third-order valence-corrected chi connectivity index (χ3v) is 4.30. The Morgan fingerprint density at radius 1 is 1.07 bits per heavy atom. The number of amides is 2. The topological polar surface area (TPSA) is 80.2 Å². The van der Waals surface area contributed by atoms with Crippen LogP contribution in [0.4, 0.5) is 11.4 Å². The van der Waals surface area contributed by atoms with Gasteiger partial charge in [0.05, 0.1) is 5.52 Å². The molecule has 1 heterocycles. The van der Waals surface area contributed by atoms with E-state index in [1.807, 2.05) is 11.5 Å². The SMILES string of the molecule is CCn1cc(C(=O)Nc2cccc(NC(C)=O)c2)c(=O)c2cc(Cl)ccc21. The van der Waals surface area contributed by atoms with Gasteiger partial charge in [-0.15, -0.1) is 0 Å². The largest absolute Gasteiger partial charge is 0.347 e. The summed E-state index contributed by atoms with van der Waals surface area (Å²) in [6.07, 6.45) is 1.55. The fraction of sp³-hybridized carbons (Fsp3) is 0.150. The predicted molar refractivity (Wildman–Crippen MR) is 108 cm³/mol. The standard InChI is InChI=1S/C20H18ClN3O3/c1-3-24-11-17(19(26)16-9-13(21)7-8-18(16)24)20(27)23-15-6-4-5-14(10-15)22-12(2)25/h4-11H,3H2,1-2H3,(H,22,25)(H,23,27). The van der Waals surface area contributed by atoms with Gasteiger partial charge in [-0.25, -0.2) is 0 Å². The molecule has 0 spiro atoms. The van der Waals surface area contributed by atoms with Crippen molar-refractivity contribution in [3.63, 3.8) is 0 Å². The van der Waals surface area contributed by atoms with Crippen molar-refractivity contribution in [2.45, 2.75) is 20.4 Å². The molecule has 0 radical (unpaired) electrons. The summed E-state index contributed by atoms with van der Waals surface area (Å²) >= 11 is 6.02. The second kappa shape index (κ2) is 7.63. The monoisotopic (exact) mass is 383 g/mol. The van der Waals surface area contributed by atoms with Crippen molar-refractivity contribution >= 4 is 45.7 Å². The van der Waals surface area contributed by atoms with Crippen LogP contribution < -0.4 is 16.1 Å². The van der Waals surface area contributed by atoms with E-state index in [1.54, 1.807) is 48.7 Å². The molecule has 0 atom stereocenters. The lowest BCUT2D eigenvalue weighted by molar-refractivity contribution is -0.114. The highest BCUT2D eigenvalue weighted by Gasteiger charge is 2.16. The summed E-state index contributed by atoms with van der Waals surface area (Å²) in [4.78, 5) is 36.7. The Morgan fingerprint density at radius 3 is 2.44 bits per heavy atom. The zero-order valence-electron chi connectivity index (χ0n) is 14.9. The number of hydrogen-bond acceptors (Lipinski definition) is 3. The number of fused-ring (bicyclic) bond motifs is 1. The summed E-state index contributed by atoms with van der Waals surface area (Å²) in [5.41, 5.74) is 1.39. The van der Waals surface area contributed by atoms with Gasteiger partial charge in [0.25, 0.3) is 5.91 Å². The molecule has 0 aliphatic rings. The van der Waals surface area contributed by atoms with Crippen LogP contribution in [0.1, 0.15) is 24.2 Å². The van der Waals surface area contributed by atoms with E-state index in [9.17, 15) is 14.4 Å². The highest BCUT2D eigenvalue weighted by atomic mass is 35.5. The van der Waals surface area contributed by atoms with Crippen molar-refractivity contribution in [3.8, 4) is 0 Å². The predicted octanol–water partition coefficient (Wildman–Crippen LogP) is 3.89. The van der Waals surface area contributed by atoms with Crippen molar-refractivity contribution in [2.75, 3.05) is 10.6 Å². The van der Waals surface area contributed by atoms with Crippen LogP contribution >= 0.6 is 11.6 Å². The summed E-state index contributed by atoms with van der Waals surface area (Å²) < 4.78 is 1.83. The molecule has 2 aromatic carbocycles. The number of carbonyl (C=O) groups is 2. The van der Waals surface area contributed by atoms with E-state index in [4.69, 9.17) is 11.6 Å². The maximum atomic E-state index is 12.8. The molecule has 2 N–H and O–H groups in total. The third kappa shape index (κ3) is 4.01. The number of aromatic nitrogens is 1. The molecular formula is C20H18ClN3O3. The van der Waals surface area contributed by atoms with Gasteiger partial charge >= 0.3 is 0 Å². The summed E-state index contributed by atoms with van der Waals surface area (Å²) in [6, 6.07) is 11.8. The Morgan fingerprint density at radius 2 is 1.78 bits per heavy atom. The van der Waals surface area contributed by atoms with E-state index in [2.05, 4.69) is 10.6 Å². The van der Waals surface area contributed by atoms with Crippen LogP contribution in [0.5, 0.6) is 0 Å². The lowest BCUT2D eigenvalue weighted by Crippen LogP contribution is -2.24. The fourth-order valence-electron chi connectivity index (χ4n) is 2.87. The molecule has 2 amide bonds. The minimum Gasteiger partial charge on any atom is -0.347 e. The van der Waals surface area contributed by atoms with Gasteiger partial charge in [0.1, 0.15) is 5.56 Å². The molecule has 0 saturated carbocycles. The Bertz CT molecular complexity index is 1110. The zero-order valence-corrected chi connectivity index (χ0v) is 15.6. The van der Waals surface area contributed by atoms with Crippen LogP contribution in [0, 0.1) is 0 Å². The molecule has 7 heteroatoms. The van der Waals surface area contributed by atoms with Crippen molar-refractivity contribution in [1.82, 2.24) is 4.57 Å². The Balaban J connectivity index is 2.00. The van der Waals surface area contributed by atoms with Crippen LogP contribution in [-0.2, 0) is 11.3 Å². The summed E-state index contributed by atoms with van der Waals surface area (Å²) in [7, 11) is 0. The number of hydrogen-bond donors (Lipinski definition) is 2. The molecule has 0 unspecified atom stereocenters. The number of rotatable bonds is 4. The number of pyridine rings is 1. The van der Waals surface area contributed by atoms with Crippen molar-refractivity contribution in [2.24, 2.45) is 0 Å². The van der Waals surface area contributed by atoms with E-state index in [-0.39, 0.29) is 16.9 Å². The number of nitrogens with one attached hydrogen (secondary N) is 2. The molecule has 0 saturated heterocycles. The van der Waals surface area contributed by atoms with E-state index in [1.165, 1.54) is 6.92 Å². The number of halogens is 1. The maximum absolute atomic E-state index is 12.8. The minimum absolute atomic E-state index is 0.0246. The Hall–Kier alpha value is -3.12. The second-order valence-electron chi connectivity index (χ2n) is 6.04. The molecular weight excluding hydrogens is 366 g/mol. The van der Waals surface area contributed by atoms with Crippen LogP contribution in [0.3, 0.4) is 0 Å². The molecule has 0 aliphatic heterocycles. The smallest absolute Gasteiger partial charge is 0.261 e. The summed E-state index contributed by atoms with van der Waals surface area (Å²) in [6.45, 7) is 3.92. The van der Waals surface area contributed by atoms with Gasteiger partial charge < -0.3 is 15.2 Å². The van der Waals surface area contributed by atoms with Gasteiger partial charge in [-0.05, 0) is 43.3 Å². The average molecular weight is 384 g/mol. The average Bonchev–Trinajstić information content (AvgIpc) is 2.62. The number of aryl methyl sites for hydroxylation is 1. The van der Waals surface area contributed by atoms with Crippen LogP contribution in [0.25, 0.3) is 10.9 Å². The van der Waals surface area contributed by atoms with E-state index in [0.717, 1.165) is 5.52 Å². The minimum atomic E-state index is -0.524. The second-order valence-corrected chi connectivity index (χ2v) is 6.47. The molecule has 1 aromatic heterocycles. The first-order valence-corrected chi connectivity index (χ1v) is 8.78. The van der Waals surface area contributed by atoms with Gasteiger partial charge in [0.2, 0.25) is 11.3 Å². The van der Waals surface area contributed by atoms with Crippen LogP contribution in [0.2, 0.25) is 5.02 Å². The molecule has 138 valence electrons. The number of anilines is 2. The van der Waals surface area contributed by atoms with Gasteiger partial charge in [0.15, 0.2) is 0 Å². The first kappa shape index (κ1) is 18.7. The van der Waals surface area contributed by atoms with E-state index >= 15 is 0 Å². The zero-order chi connectivity index (χ0) is 19.6. The number of nitrogens with zero attached hydrogens (tertiary/aromatic N) is 1. The maximum Gasteiger partial charge on any atom is 0.261 e. The number of benzene rings is 2. The quantitative estimate of drug-likeness (QED) is 0.717. The van der Waals surface area contributed by atoms with Gasteiger partial charge in [-0.3, -0.25) is 14.4 Å². The van der Waals surface area contributed by atoms with Gasteiger partial charge in [-0.1, -0.05) is 17.7 Å². The summed E-state index contributed by atoms with van der Waals surface area (Å²) in [5, 5.41) is 6.18. The number of carbonyl (C=O) groups excluding carboxylic acids is 2. The van der Waals surface area contributed by atoms with E-state index in [0.29, 0.717) is 28.3 Å². The Kier molecular flexibility index (Phi) is 5.28. The molecule has 0 aliphatic carbocycles. The first-order chi connectivity index (χ1) is 12.9. The molecule has 0 fully saturated rings. The fourth-order valence-corrected chi connectivity index (χ4v) is 3.04. The lowest BCUT2D eigenvalue weighted by Gasteiger charge is -2.12. The normalized spacial score (nSPS) is 10.6. The van der Waals surface area contributed by atoms with Gasteiger partial charge in [0, 0.05) is 41.4 Å². The van der Waals surface area contributed by atoms with Crippen molar-refractivity contribution in [1.29, 1.82) is 0 Å². The molecule has 27 heavy (non-hydrogen) atoms. The molecule has 3 rings (SSSR count). The first-order valence-electron chi connectivity index (χ1n) is 8.40. The van der Waals surface area contributed by atoms with Crippen molar-refractivity contribution in [3.05, 3.63) is 69.5 Å². The van der Waals surface area contributed by atoms with Crippen molar-refractivity contribution < 1.29 is 9.59 Å². The van der Waals surface area contributed by atoms with Crippen LogP contribution in [0.15, 0.2) is 53.5 Å². The Labute approximate surface area is 160 Å². The molecule has 0 bridgehead atoms. The van der Waals surface area contributed by atoms with E-state index < -0.39 is 5.91 Å². The lowest BCUT2D eigenvalue weighted by atomic mass is 10.1. The summed E-state index contributed by atoms with van der Waals surface area (Å²) in [5.74, 6) is -0.736. The van der Waals surface area contributed by atoms with Gasteiger partial charge in [-0.2, -0.15) is 0 Å². The highest BCUT2D eigenvalue weighted by Crippen LogP contribution is 2.19. The van der Waals surface area contributed by atoms with Crippen LogP contribution in [-0.4, -0.2) is 16.4 Å².